The first kappa shape index (κ1) is 18.1. The minimum absolute atomic E-state index is 0.0444. The van der Waals surface area contributed by atoms with Crippen molar-refractivity contribution in [3.8, 4) is 0 Å². The second-order valence-corrected chi connectivity index (χ2v) is 5.72. The molecule has 2 rings (SSSR count). The number of benzene rings is 2. The summed E-state index contributed by atoms with van der Waals surface area (Å²) in [5, 5.41) is 2.84. The monoisotopic (exact) mass is 329 g/mol. The summed E-state index contributed by atoms with van der Waals surface area (Å²) in [6.07, 6.45) is 1.51. The maximum atomic E-state index is 13.5. The number of carbonyl (C=O) groups is 1. The van der Waals surface area contributed by atoms with Crippen LogP contribution in [-0.2, 0) is 16.0 Å². The number of ether oxygens (including phenoxy) is 1. The van der Waals surface area contributed by atoms with Gasteiger partial charge >= 0.3 is 0 Å². The second kappa shape index (κ2) is 9.83. The maximum Gasteiger partial charge on any atom is 0.220 e. The third kappa shape index (κ3) is 6.13. The van der Waals surface area contributed by atoms with Crippen LogP contribution in [0.2, 0.25) is 0 Å². The van der Waals surface area contributed by atoms with Gasteiger partial charge in [0, 0.05) is 19.6 Å². The molecule has 24 heavy (non-hydrogen) atoms. The second-order valence-electron chi connectivity index (χ2n) is 5.72. The quantitative estimate of drug-likeness (QED) is 0.705. The summed E-state index contributed by atoms with van der Waals surface area (Å²) in [7, 11) is 0. The van der Waals surface area contributed by atoms with Gasteiger partial charge in [-0.3, -0.25) is 4.79 Å². The predicted molar refractivity (Wildman–Crippen MR) is 93.2 cm³/mol. The van der Waals surface area contributed by atoms with Gasteiger partial charge in [0.1, 0.15) is 5.82 Å². The van der Waals surface area contributed by atoms with Gasteiger partial charge in [0.15, 0.2) is 0 Å². The van der Waals surface area contributed by atoms with Gasteiger partial charge in [-0.2, -0.15) is 0 Å². The summed E-state index contributed by atoms with van der Waals surface area (Å²) in [6.45, 7) is 3.17. The lowest BCUT2D eigenvalue weighted by Gasteiger charge is -2.13. The Labute approximate surface area is 142 Å². The minimum Gasteiger partial charge on any atom is -0.374 e. The summed E-state index contributed by atoms with van der Waals surface area (Å²) in [6, 6.07) is 16.6. The van der Waals surface area contributed by atoms with E-state index in [2.05, 4.69) is 5.32 Å². The molecule has 0 radical (unpaired) electrons. The van der Waals surface area contributed by atoms with Crippen LogP contribution in [0.15, 0.2) is 54.6 Å². The molecule has 128 valence electrons. The molecule has 0 aliphatic rings. The van der Waals surface area contributed by atoms with E-state index in [1.54, 1.807) is 18.2 Å². The molecule has 0 bridgehead atoms. The van der Waals surface area contributed by atoms with Crippen LogP contribution in [0.3, 0.4) is 0 Å². The van der Waals surface area contributed by atoms with Crippen LogP contribution >= 0.6 is 0 Å². The number of nitrogens with one attached hydrogen (secondary N) is 1. The number of rotatable bonds is 9. The van der Waals surface area contributed by atoms with Crippen molar-refractivity contribution in [3.63, 3.8) is 0 Å². The maximum absolute atomic E-state index is 13.5. The Kier molecular flexibility index (Phi) is 7.43. The first-order valence-electron chi connectivity index (χ1n) is 8.33. The smallest absolute Gasteiger partial charge is 0.220 e. The van der Waals surface area contributed by atoms with E-state index in [4.69, 9.17) is 4.74 Å². The van der Waals surface area contributed by atoms with E-state index in [1.807, 2.05) is 37.3 Å². The molecule has 0 spiro atoms. The van der Waals surface area contributed by atoms with Crippen molar-refractivity contribution in [2.24, 2.45) is 0 Å². The zero-order valence-corrected chi connectivity index (χ0v) is 14.0. The fourth-order valence-corrected chi connectivity index (χ4v) is 2.42. The van der Waals surface area contributed by atoms with E-state index in [0.717, 1.165) is 12.0 Å². The average Bonchev–Trinajstić information content (AvgIpc) is 2.61. The highest BCUT2D eigenvalue weighted by atomic mass is 19.1. The lowest BCUT2D eigenvalue weighted by Crippen LogP contribution is -2.25. The third-order valence-electron chi connectivity index (χ3n) is 3.86. The SMILES string of the molecule is CC(OCCCNC(=O)CCc1ccccc1F)c1ccccc1. The fourth-order valence-electron chi connectivity index (χ4n) is 2.42. The Hall–Kier alpha value is -2.20. The van der Waals surface area contributed by atoms with Crippen molar-refractivity contribution < 1.29 is 13.9 Å². The molecule has 0 aromatic heterocycles. The molecule has 0 aliphatic heterocycles. The van der Waals surface area contributed by atoms with Gasteiger partial charge in [0.2, 0.25) is 5.91 Å². The zero-order chi connectivity index (χ0) is 17.2. The lowest BCUT2D eigenvalue weighted by atomic mass is 10.1. The highest BCUT2D eigenvalue weighted by Crippen LogP contribution is 2.15. The minimum atomic E-state index is -0.256. The average molecular weight is 329 g/mol. The Morgan fingerprint density at radius 3 is 2.58 bits per heavy atom. The highest BCUT2D eigenvalue weighted by molar-refractivity contribution is 5.76. The number of hydrogen-bond acceptors (Lipinski definition) is 2. The highest BCUT2D eigenvalue weighted by Gasteiger charge is 2.06. The number of halogens is 1. The van der Waals surface area contributed by atoms with Crippen LogP contribution in [0.4, 0.5) is 4.39 Å². The van der Waals surface area contributed by atoms with E-state index >= 15 is 0 Å². The topological polar surface area (TPSA) is 38.3 Å². The van der Waals surface area contributed by atoms with E-state index in [-0.39, 0.29) is 17.8 Å². The molecule has 0 saturated carbocycles. The predicted octanol–water partition coefficient (Wildman–Crippen LogP) is 4.04. The first-order valence-corrected chi connectivity index (χ1v) is 8.33. The molecule has 0 heterocycles. The number of carbonyl (C=O) groups excluding carboxylic acids is 1. The molecule has 0 fully saturated rings. The van der Waals surface area contributed by atoms with Crippen molar-refractivity contribution in [3.05, 3.63) is 71.5 Å². The van der Waals surface area contributed by atoms with Gasteiger partial charge in [-0.25, -0.2) is 4.39 Å². The largest absolute Gasteiger partial charge is 0.374 e. The third-order valence-corrected chi connectivity index (χ3v) is 3.86. The van der Waals surface area contributed by atoms with Crippen molar-refractivity contribution >= 4 is 5.91 Å². The molecule has 0 aliphatic carbocycles. The lowest BCUT2D eigenvalue weighted by molar-refractivity contribution is -0.121. The van der Waals surface area contributed by atoms with Crippen LogP contribution in [0.5, 0.6) is 0 Å². The number of aryl methyl sites for hydroxylation is 1. The molecule has 0 saturated heterocycles. The van der Waals surface area contributed by atoms with Gasteiger partial charge in [-0.05, 0) is 37.0 Å². The van der Waals surface area contributed by atoms with Crippen LogP contribution in [0.25, 0.3) is 0 Å². The van der Waals surface area contributed by atoms with Gasteiger partial charge in [0.05, 0.1) is 6.10 Å². The van der Waals surface area contributed by atoms with Gasteiger partial charge in [-0.15, -0.1) is 0 Å². The summed E-state index contributed by atoms with van der Waals surface area (Å²) in [4.78, 5) is 11.8. The molecule has 2 aromatic rings. The Bertz CT molecular complexity index is 631. The molecule has 1 unspecified atom stereocenters. The standard InChI is InChI=1S/C20H24FNO2/c1-16(17-8-3-2-4-9-17)24-15-7-14-22-20(23)13-12-18-10-5-6-11-19(18)21/h2-6,8-11,16H,7,12-15H2,1H3,(H,22,23). The zero-order valence-electron chi connectivity index (χ0n) is 14.0. The van der Waals surface area contributed by atoms with Gasteiger partial charge in [-0.1, -0.05) is 48.5 Å². The van der Waals surface area contributed by atoms with E-state index in [9.17, 15) is 9.18 Å². The Morgan fingerprint density at radius 1 is 1.12 bits per heavy atom. The van der Waals surface area contributed by atoms with E-state index < -0.39 is 0 Å². The van der Waals surface area contributed by atoms with Crippen LogP contribution in [0.1, 0.15) is 37.0 Å². The normalized spacial score (nSPS) is 11.9. The molecule has 1 N–H and O–H groups in total. The van der Waals surface area contributed by atoms with Gasteiger partial charge < -0.3 is 10.1 Å². The van der Waals surface area contributed by atoms with Crippen molar-refractivity contribution in [1.29, 1.82) is 0 Å². The molecular formula is C20H24FNO2. The molecule has 2 aromatic carbocycles. The molecule has 1 atom stereocenters. The van der Waals surface area contributed by atoms with Crippen LogP contribution in [-0.4, -0.2) is 19.1 Å². The number of hydrogen-bond donors (Lipinski definition) is 1. The van der Waals surface area contributed by atoms with Crippen molar-refractivity contribution in [2.75, 3.05) is 13.2 Å². The summed E-state index contributed by atoms with van der Waals surface area (Å²) in [5.41, 5.74) is 1.72. The molecule has 4 heteroatoms. The Balaban J connectivity index is 1.57. The summed E-state index contributed by atoms with van der Waals surface area (Å²) >= 11 is 0. The van der Waals surface area contributed by atoms with Crippen molar-refractivity contribution in [2.45, 2.75) is 32.3 Å². The van der Waals surface area contributed by atoms with E-state index in [0.29, 0.717) is 31.6 Å². The summed E-state index contributed by atoms with van der Waals surface area (Å²) < 4.78 is 19.2. The van der Waals surface area contributed by atoms with Crippen molar-refractivity contribution in [1.82, 2.24) is 5.32 Å². The molecule has 3 nitrogen and oxygen atoms in total. The van der Waals surface area contributed by atoms with Crippen LogP contribution < -0.4 is 5.32 Å². The Morgan fingerprint density at radius 2 is 1.83 bits per heavy atom. The van der Waals surface area contributed by atoms with Gasteiger partial charge in [0.25, 0.3) is 0 Å². The summed E-state index contributed by atoms with van der Waals surface area (Å²) in [5.74, 6) is -0.317. The van der Waals surface area contributed by atoms with E-state index in [1.165, 1.54) is 6.07 Å². The fraction of sp³-hybridized carbons (Fsp3) is 0.350. The first-order chi connectivity index (χ1) is 11.7. The molecule has 1 amide bonds. The number of amides is 1. The molecular weight excluding hydrogens is 305 g/mol. The van der Waals surface area contributed by atoms with Crippen LogP contribution in [0, 0.1) is 5.82 Å².